The van der Waals surface area contributed by atoms with Crippen molar-refractivity contribution in [3.63, 3.8) is 0 Å². The molecule has 0 aliphatic rings. The molecular formula is C18H15F2N3O2. The average Bonchev–Trinajstić information content (AvgIpc) is 2.61. The van der Waals surface area contributed by atoms with Crippen LogP contribution in [0.4, 0.5) is 8.78 Å². The third-order valence-corrected chi connectivity index (χ3v) is 3.97. The van der Waals surface area contributed by atoms with Gasteiger partial charge in [0.25, 0.3) is 5.91 Å². The number of aromatic nitrogens is 2. The summed E-state index contributed by atoms with van der Waals surface area (Å²) in [6.45, 7) is 1.89. The van der Waals surface area contributed by atoms with Crippen LogP contribution in [0.5, 0.6) is 0 Å². The second kappa shape index (κ2) is 6.80. The lowest BCUT2D eigenvalue weighted by Crippen LogP contribution is -2.32. The van der Waals surface area contributed by atoms with E-state index >= 15 is 0 Å². The predicted molar refractivity (Wildman–Crippen MR) is 89.2 cm³/mol. The first-order valence-corrected chi connectivity index (χ1v) is 7.72. The summed E-state index contributed by atoms with van der Waals surface area (Å²) in [5.74, 6) is -2.38. The zero-order chi connectivity index (χ0) is 18.0. The van der Waals surface area contributed by atoms with Gasteiger partial charge in [0.15, 0.2) is 0 Å². The van der Waals surface area contributed by atoms with E-state index in [4.69, 9.17) is 0 Å². The first-order chi connectivity index (χ1) is 12.0. The van der Waals surface area contributed by atoms with Gasteiger partial charge in [0.2, 0.25) is 5.43 Å². The molecule has 0 aliphatic heterocycles. The standard InChI is InChI=1S/C18H15F2N3O2/c1-2-15(10-3-5-21-6-4-10)23-18(25)13-9-22-16-12(17(13)24)7-11(19)8-14(16)20/h3-9,15H,2H2,1H3,(H,22,24)(H,23,25). The summed E-state index contributed by atoms with van der Waals surface area (Å²) in [5, 5.41) is 2.55. The van der Waals surface area contributed by atoms with Crippen LogP contribution in [0.15, 0.2) is 47.7 Å². The Morgan fingerprint density at radius 3 is 2.68 bits per heavy atom. The van der Waals surface area contributed by atoms with Gasteiger partial charge in [-0.2, -0.15) is 0 Å². The number of nitrogens with one attached hydrogen (secondary N) is 2. The zero-order valence-corrected chi connectivity index (χ0v) is 13.3. The molecule has 0 spiro atoms. The molecule has 3 aromatic rings. The Hall–Kier alpha value is -3.09. The van der Waals surface area contributed by atoms with Crippen molar-refractivity contribution in [2.75, 3.05) is 0 Å². The molecule has 128 valence electrons. The second-order valence-corrected chi connectivity index (χ2v) is 5.56. The fourth-order valence-electron chi connectivity index (χ4n) is 2.68. The fourth-order valence-corrected chi connectivity index (χ4v) is 2.68. The number of halogens is 2. The van der Waals surface area contributed by atoms with E-state index in [9.17, 15) is 18.4 Å². The van der Waals surface area contributed by atoms with Crippen molar-refractivity contribution in [2.45, 2.75) is 19.4 Å². The van der Waals surface area contributed by atoms with Crippen LogP contribution in [0, 0.1) is 11.6 Å². The maximum absolute atomic E-state index is 13.7. The topological polar surface area (TPSA) is 74.8 Å². The van der Waals surface area contributed by atoms with Crippen molar-refractivity contribution in [2.24, 2.45) is 0 Å². The first-order valence-electron chi connectivity index (χ1n) is 7.72. The van der Waals surface area contributed by atoms with Crippen molar-refractivity contribution in [3.05, 3.63) is 75.8 Å². The third-order valence-electron chi connectivity index (χ3n) is 3.97. The van der Waals surface area contributed by atoms with Gasteiger partial charge in [-0.25, -0.2) is 8.78 Å². The number of H-pyrrole nitrogens is 1. The van der Waals surface area contributed by atoms with Crippen LogP contribution in [-0.2, 0) is 0 Å². The van der Waals surface area contributed by atoms with Crippen LogP contribution in [0.2, 0.25) is 0 Å². The minimum atomic E-state index is -0.887. The smallest absolute Gasteiger partial charge is 0.257 e. The summed E-state index contributed by atoms with van der Waals surface area (Å²) < 4.78 is 27.1. The van der Waals surface area contributed by atoms with Gasteiger partial charge in [0.1, 0.15) is 17.2 Å². The average molecular weight is 343 g/mol. The highest BCUT2D eigenvalue weighted by molar-refractivity contribution is 5.97. The molecule has 5 nitrogen and oxygen atoms in total. The minimum Gasteiger partial charge on any atom is -0.358 e. The van der Waals surface area contributed by atoms with Crippen LogP contribution < -0.4 is 10.7 Å². The van der Waals surface area contributed by atoms with Gasteiger partial charge in [-0.3, -0.25) is 14.6 Å². The maximum atomic E-state index is 13.7. The Balaban J connectivity index is 1.97. The Bertz CT molecular complexity index is 987. The molecule has 1 amide bonds. The molecule has 0 fully saturated rings. The number of nitrogens with zero attached hydrogens (tertiary/aromatic N) is 1. The lowest BCUT2D eigenvalue weighted by molar-refractivity contribution is 0.0934. The third kappa shape index (κ3) is 3.26. The van der Waals surface area contributed by atoms with Gasteiger partial charge in [-0.15, -0.1) is 0 Å². The molecule has 3 rings (SSSR count). The zero-order valence-electron chi connectivity index (χ0n) is 13.3. The van der Waals surface area contributed by atoms with Gasteiger partial charge in [-0.05, 0) is 30.2 Å². The van der Waals surface area contributed by atoms with Crippen molar-refractivity contribution >= 4 is 16.8 Å². The fraction of sp³-hybridized carbons (Fsp3) is 0.167. The Labute approximate surface area is 141 Å². The number of hydrogen-bond acceptors (Lipinski definition) is 3. The molecule has 0 bridgehead atoms. The molecule has 2 N–H and O–H groups in total. The molecule has 1 aromatic carbocycles. The highest BCUT2D eigenvalue weighted by Crippen LogP contribution is 2.17. The summed E-state index contributed by atoms with van der Waals surface area (Å²) in [7, 11) is 0. The molecule has 2 heterocycles. The predicted octanol–water partition coefficient (Wildman–Crippen LogP) is 3.08. The van der Waals surface area contributed by atoms with Crippen molar-refractivity contribution in [1.29, 1.82) is 0 Å². The molecule has 0 radical (unpaired) electrons. The van der Waals surface area contributed by atoms with Crippen molar-refractivity contribution in [1.82, 2.24) is 15.3 Å². The lowest BCUT2D eigenvalue weighted by Gasteiger charge is -2.17. The molecule has 0 aliphatic carbocycles. The number of pyridine rings is 2. The highest BCUT2D eigenvalue weighted by atomic mass is 19.1. The number of rotatable bonds is 4. The van der Waals surface area contributed by atoms with Gasteiger partial charge in [-0.1, -0.05) is 6.92 Å². The van der Waals surface area contributed by atoms with Crippen molar-refractivity contribution < 1.29 is 13.6 Å². The maximum Gasteiger partial charge on any atom is 0.257 e. The first kappa shape index (κ1) is 16.8. The normalized spacial score (nSPS) is 12.1. The van der Waals surface area contributed by atoms with Gasteiger partial charge < -0.3 is 10.3 Å². The molecule has 2 aromatic heterocycles. The van der Waals surface area contributed by atoms with Crippen LogP contribution in [0.3, 0.4) is 0 Å². The molecule has 0 saturated carbocycles. The van der Waals surface area contributed by atoms with Crippen LogP contribution in [0.1, 0.15) is 35.3 Å². The Kier molecular flexibility index (Phi) is 4.56. The number of fused-ring (bicyclic) bond motifs is 1. The lowest BCUT2D eigenvalue weighted by atomic mass is 10.1. The number of aromatic amines is 1. The monoisotopic (exact) mass is 343 g/mol. The van der Waals surface area contributed by atoms with E-state index in [2.05, 4.69) is 15.3 Å². The van der Waals surface area contributed by atoms with E-state index in [1.807, 2.05) is 6.92 Å². The molecule has 25 heavy (non-hydrogen) atoms. The molecule has 1 unspecified atom stereocenters. The molecular weight excluding hydrogens is 328 g/mol. The van der Waals surface area contributed by atoms with Gasteiger partial charge in [0, 0.05) is 24.7 Å². The number of carbonyl (C=O) groups excluding carboxylic acids is 1. The Morgan fingerprint density at radius 2 is 2.00 bits per heavy atom. The van der Waals surface area contributed by atoms with E-state index in [0.717, 1.165) is 17.8 Å². The van der Waals surface area contributed by atoms with Crippen LogP contribution >= 0.6 is 0 Å². The summed E-state index contributed by atoms with van der Waals surface area (Å²) in [6, 6.07) is 4.81. The van der Waals surface area contributed by atoms with E-state index < -0.39 is 23.0 Å². The largest absolute Gasteiger partial charge is 0.358 e. The quantitative estimate of drug-likeness (QED) is 0.764. The molecule has 0 saturated heterocycles. The summed E-state index contributed by atoms with van der Waals surface area (Å²) >= 11 is 0. The summed E-state index contributed by atoms with van der Waals surface area (Å²) in [5.41, 5.74) is -0.219. The van der Waals surface area contributed by atoms with E-state index in [1.54, 1.807) is 24.5 Å². The highest BCUT2D eigenvalue weighted by Gasteiger charge is 2.19. The SMILES string of the molecule is CCC(NC(=O)c1c[nH]c2c(F)cc(F)cc2c1=O)c1ccncc1. The second-order valence-electron chi connectivity index (χ2n) is 5.56. The van der Waals surface area contributed by atoms with E-state index in [0.29, 0.717) is 12.5 Å². The number of carbonyl (C=O) groups is 1. The number of amides is 1. The number of hydrogen-bond donors (Lipinski definition) is 2. The Morgan fingerprint density at radius 1 is 1.28 bits per heavy atom. The van der Waals surface area contributed by atoms with Crippen LogP contribution in [0.25, 0.3) is 10.9 Å². The molecule has 7 heteroatoms. The summed E-state index contributed by atoms with van der Waals surface area (Å²) in [4.78, 5) is 31.4. The van der Waals surface area contributed by atoms with Crippen molar-refractivity contribution in [3.8, 4) is 0 Å². The number of benzene rings is 1. The van der Waals surface area contributed by atoms with Gasteiger partial charge >= 0.3 is 0 Å². The minimum absolute atomic E-state index is 0.135. The van der Waals surface area contributed by atoms with E-state index in [1.165, 1.54) is 0 Å². The molecule has 1 atom stereocenters. The van der Waals surface area contributed by atoms with Gasteiger partial charge in [0.05, 0.1) is 16.9 Å². The summed E-state index contributed by atoms with van der Waals surface area (Å²) in [6.07, 6.45) is 4.96. The van der Waals surface area contributed by atoms with E-state index in [-0.39, 0.29) is 22.5 Å². The van der Waals surface area contributed by atoms with Crippen LogP contribution in [-0.4, -0.2) is 15.9 Å².